The van der Waals surface area contributed by atoms with Gasteiger partial charge in [-0.05, 0) is 31.9 Å². The molecule has 0 aliphatic heterocycles. The molecule has 1 aromatic rings. The fourth-order valence-electron chi connectivity index (χ4n) is 2.36. The molecule has 0 aromatic heterocycles. The van der Waals surface area contributed by atoms with Gasteiger partial charge in [0.2, 0.25) is 0 Å². The topological polar surface area (TPSA) is 46.5 Å². The summed E-state index contributed by atoms with van der Waals surface area (Å²) in [6, 6.07) is 8.85. The molecule has 0 saturated heterocycles. The van der Waals surface area contributed by atoms with Gasteiger partial charge < -0.3 is 9.84 Å². The van der Waals surface area contributed by atoms with E-state index in [0.29, 0.717) is 12.0 Å². The van der Waals surface area contributed by atoms with E-state index in [-0.39, 0.29) is 18.5 Å². The minimum Gasteiger partial charge on any atom is -0.459 e. The van der Waals surface area contributed by atoms with Gasteiger partial charge in [0.1, 0.15) is 12.2 Å². The van der Waals surface area contributed by atoms with Crippen molar-refractivity contribution in [2.24, 2.45) is 5.92 Å². The number of hydrogen-bond donors (Lipinski definition) is 1. The molecule has 1 N–H and O–H groups in total. The summed E-state index contributed by atoms with van der Waals surface area (Å²) in [6.45, 7) is 4.07. The van der Waals surface area contributed by atoms with Gasteiger partial charge in [-0.2, -0.15) is 0 Å². The molecule has 1 aliphatic carbocycles. The molecule has 102 valence electrons. The second kappa shape index (κ2) is 5.57. The number of benzene rings is 1. The molecule has 3 heteroatoms. The highest BCUT2D eigenvalue weighted by Gasteiger charge is 2.36. The third-order valence-corrected chi connectivity index (χ3v) is 3.80. The molecule has 3 nitrogen and oxygen atoms in total. The van der Waals surface area contributed by atoms with Gasteiger partial charge in [-0.25, -0.2) is 4.79 Å². The summed E-state index contributed by atoms with van der Waals surface area (Å²) >= 11 is 0. The van der Waals surface area contributed by atoms with Crippen LogP contribution in [0.25, 0.3) is 0 Å². The standard InChI is InChI=1S/C16H20O3/c1-12-8-9-16(18,13(2)10-12)11-19-15(17)14-6-4-3-5-7-14/h3-7,10,13,18H,8-9,11H2,1-2H3/t13?,16-/m1/s1. The molecule has 1 aromatic carbocycles. The summed E-state index contributed by atoms with van der Waals surface area (Å²) in [4.78, 5) is 11.9. The first kappa shape index (κ1) is 13.8. The second-order valence-corrected chi connectivity index (χ2v) is 5.35. The average Bonchev–Trinajstić information content (AvgIpc) is 2.42. The van der Waals surface area contributed by atoms with Crippen LogP contribution in [0.3, 0.4) is 0 Å². The smallest absolute Gasteiger partial charge is 0.338 e. The molecule has 0 radical (unpaired) electrons. The average molecular weight is 260 g/mol. The molecular weight excluding hydrogens is 240 g/mol. The lowest BCUT2D eigenvalue weighted by Gasteiger charge is -2.35. The minimum absolute atomic E-state index is 0.00447. The van der Waals surface area contributed by atoms with Crippen LogP contribution in [0.15, 0.2) is 42.0 Å². The van der Waals surface area contributed by atoms with Crippen LogP contribution in [0.1, 0.15) is 37.0 Å². The Morgan fingerprint density at radius 3 is 2.74 bits per heavy atom. The van der Waals surface area contributed by atoms with Crippen LogP contribution >= 0.6 is 0 Å². The van der Waals surface area contributed by atoms with Crippen molar-refractivity contribution < 1.29 is 14.6 Å². The maximum atomic E-state index is 11.9. The number of allylic oxidation sites excluding steroid dienone is 1. The van der Waals surface area contributed by atoms with Gasteiger partial charge >= 0.3 is 5.97 Å². The SMILES string of the molecule is CC1=CC(C)[C@](O)(COC(=O)c2ccccc2)CC1. The first-order valence-electron chi connectivity index (χ1n) is 6.63. The van der Waals surface area contributed by atoms with Crippen molar-refractivity contribution in [3.05, 3.63) is 47.5 Å². The van der Waals surface area contributed by atoms with E-state index in [0.717, 1.165) is 6.42 Å². The summed E-state index contributed by atoms with van der Waals surface area (Å²) in [5, 5.41) is 10.5. The number of aliphatic hydroxyl groups is 1. The third kappa shape index (κ3) is 3.24. The first-order valence-corrected chi connectivity index (χ1v) is 6.63. The van der Waals surface area contributed by atoms with Gasteiger partial charge in [0, 0.05) is 5.92 Å². The van der Waals surface area contributed by atoms with Gasteiger partial charge in [-0.1, -0.05) is 36.8 Å². The van der Waals surface area contributed by atoms with E-state index in [2.05, 4.69) is 13.0 Å². The van der Waals surface area contributed by atoms with Crippen molar-refractivity contribution in [1.82, 2.24) is 0 Å². The number of hydrogen-bond acceptors (Lipinski definition) is 3. The van der Waals surface area contributed by atoms with Gasteiger partial charge in [0.05, 0.1) is 5.56 Å². The van der Waals surface area contributed by atoms with E-state index in [4.69, 9.17) is 4.74 Å². The van der Waals surface area contributed by atoms with E-state index in [1.807, 2.05) is 13.0 Å². The van der Waals surface area contributed by atoms with Gasteiger partial charge in [0.25, 0.3) is 0 Å². The Labute approximate surface area is 113 Å². The maximum Gasteiger partial charge on any atom is 0.338 e. The Morgan fingerprint density at radius 1 is 1.42 bits per heavy atom. The van der Waals surface area contributed by atoms with Crippen molar-refractivity contribution in [2.45, 2.75) is 32.3 Å². The van der Waals surface area contributed by atoms with Crippen molar-refractivity contribution >= 4 is 5.97 Å². The second-order valence-electron chi connectivity index (χ2n) is 5.35. The van der Waals surface area contributed by atoms with Crippen molar-refractivity contribution in [1.29, 1.82) is 0 Å². The molecule has 2 atom stereocenters. The van der Waals surface area contributed by atoms with Crippen molar-refractivity contribution in [3.8, 4) is 0 Å². The normalized spacial score (nSPS) is 26.7. The Balaban J connectivity index is 1.97. The molecule has 0 fully saturated rings. The Hall–Kier alpha value is -1.61. The number of rotatable bonds is 3. The fourth-order valence-corrected chi connectivity index (χ4v) is 2.36. The van der Waals surface area contributed by atoms with Crippen LogP contribution in [-0.2, 0) is 4.74 Å². The van der Waals surface area contributed by atoms with E-state index < -0.39 is 5.60 Å². The Bertz CT molecular complexity index is 478. The molecule has 0 heterocycles. The molecule has 0 saturated carbocycles. The Morgan fingerprint density at radius 2 is 2.11 bits per heavy atom. The highest BCUT2D eigenvalue weighted by atomic mass is 16.5. The van der Waals surface area contributed by atoms with E-state index >= 15 is 0 Å². The van der Waals surface area contributed by atoms with Gasteiger partial charge in [-0.15, -0.1) is 0 Å². The van der Waals surface area contributed by atoms with Gasteiger partial charge in [-0.3, -0.25) is 0 Å². The molecule has 0 amide bonds. The summed E-state index contributed by atoms with van der Waals surface area (Å²) in [7, 11) is 0. The van der Waals surface area contributed by atoms with E-state index in [1.165, 1.54) is 5.57 Å². The van der Waals surface area contributed by atoms with Crippen molar-refractivity contribution in [2.75, 3.05) is 6.61 Å². The van der Waals surface area contributed by atoms with Crippen LogP contribution in [0, 0.1) is 5.92 Å². The number of carbonyl (C=O) groups excluding carboxylic acids is 1. The van der Waals surface area contributed by atoms with E-state index in [9.17, 15) is 9.90 Å². The first-order chi connectivity index (χ1) is 9.01. The molecule has 0 spiro atoms. The van der Waals surface area contributed by atoms with Crippen molar-refractivity contribution in [3.63, 3.8) is 0 Å². The lowest BCUT2D eigenvalue weighted by Crippen LogP contribution is -2.43. The molecule has 2 rings (SSSR count). The monoisotopic (exact) mass is 260 g/mol. The zero-order valence-electron chi connectivity index (χ0n) is 11.4. The molecule has 1 aliphatic rings. The summed E-state index contributed by atoms with van der Waals surface area (Å²) in [5.41, 5.74) is 0.858. The number of esters is 1. The summed E-state index contributed by atoms with van der Waals surface area (Å²) in [6.07, 6.45) is 3.54. The third-order valence-electron chi connectivity index (χ3n) is 3.80. The summed E-state index contributed by atoms with van der Waals surface area (Å²) < 4.78 is 5.26. The zero-order chi connectivity index (χ0) is 13.9. The van der Waals surface area contributed by atoms with Gasteiger partial charge in [0.15, 0.2) is 0 Å². The predicted molar refractivity (Wildman–Crippen MR) is 73.8 cm³/mol. The largest absolute Gasteiger partial charge is 0.459 e. The van der Waals surface area contributed by atoms with Crippen LogP contribution < -0.4 is 0 Å². The lowest BCUT2D eigenvalue weighted by molar-refractivity contribution is -0.0628. The fraction of sp³-hybridized carbons (Fsp3) is 0.438. The summed E-state index contributed by atoms with van der Waals surface area (Å²) in [5.74, 6) is -0.377. The lowest BCUT2D eigenvalue weighted by atomic mass is 9.78. The van der Waals surface area contributed by atoms with Crippen LogP contribution in [0.4, 0.5) is 0 Å². The zero-order valence-corrected chi connectivity index (χ0v) is 11.4. The molecule has 19 heavy (non-hydrogen) atoms. The van der Waals surface area contributed by atoms with Crippen LogP contribution in [-0.4, -0.2) is 23.3 Å². The molecule has 0 bridgehead atoms. The Kier molecular flexibility index (Phi) is 4.05. The minimum atomic E-state index is -0.941. The number of ether oxygens (including phenoxy) is 1. The van der Waals surface area contributed by atoms with Crippen LogP contribution in [0.2, 0.25) is 0 Å². The quantitative estimate of drug-likeness (QED) is 0.671. The molecular formula is C16H20O3. The molecule has 1 unspecified atom stereocenters. The highest BCUT2D eigenvalue weighted by Crippen LogP contribution is 2.32. The number of carbonyl (C=O) groups is 1. The highest BCUT2D eigenvalue weighted by molar-refractivity contribution is 5.89. The van der Waals surface area contributed by atoms with E-state index in [1.54, 1.807) is 24.3 Å². The van der Waals surface area contributed by atoms with Crippen LogP contribution in [0.5, 0.6) is 0 Å². The maximum absolute atomic E-state index is 11.9. The predicted octanol–water partition coefficient (Wildman–Crippen LogP) is 2.95.